The van der Waals surface area contributed by atoms with Crippen molar-refractivity contribution < 1.29 is 19.1 Å². The number of amides is 1. The molecule has 7 heteroatoms. The van der Waals surface area contributed by atoms with Crippen molar-refractivity contribution in [1.82, 2.24) is 5.43 Å². The van der Waals surface area contributed by atoms with Crippen LogP contribution in [0.2, 0.25) is 5.02 Å². The van der Waals surface area contributed by atoms with Gasteiger partial charge in [0, 0.05) is 5.02 Å². The van der Waals surface area contributed by atoms with Crippen LogP contribution in [0.3, 0.4) is 0 Å². The molecule has 1 N–H and O–H groups in total. The molecule has 0 saturated carbocycles. The van der Waals surface area contributed by atoms with Crippen molar-refractivity contribution in [3.8, 4) is 11.5 Å². The number of nitrogens with zero attached hydrogens (tertiary/aromatic N) is 1. The first-order chi connectivity index (χ1) is 16.5. The van der Waals surface area contributed by atoms with Crippen molar-refractivity contribution >= 4 is 40.5 Å². The van der Waals surface area contributed by atoms with Crippen LogP contribution < -0.4 is 14.9 Å². The molecule has 0 heterocycles. The molecule has 170 valence electrons. The lowest BCUT2D eigenvalue weighted by Crippen LogP contribution is -2.24. The second-order valence-corrected chi connectivity index (χ2v) is 7.89. The Morgan fingerprint density at radius 3 is 2.47 bits per heavy atom. The average Bonchev–Trinajstić information content (AvgIpc) is 2.85. The Kier molecular flexibility index (Phi) is 7.20. The molecule has 1 amide bonds. The van der Waals surface area contributed by atoms with Crippen molar-refractivity contribution in [2.24, 2.45) is 5.10 Å². The summed E-state index contributed by atoms with van der Waals surface area (Å²) < 4.78 is 10.9. The lowest BCUT2D eigenvalue weighted by Gasteiger charge is -2.07. The number of ether oxygens (including phenoxy) is 2. The average molecular weight is 473 g/mol. The Morgan fingerprint density at radius 2 is 1.68 bits per heavy atom. The van der Waals surface area contributed by atoms with E-state index in [1.54, 1.807) is 48.5 Å². The van der Waals surface area contributed by atoms with Crippen LogP contribution in [0.25, 0.3) is 10.8 Å². The highest BCUT2D eigenvalue weighted by molar-refractivity contribution is 6.31. The zero-order chi connectivity index (χ0) is 23.9. The molecule has 6 nitrogen and oxygen atoms in total. The molecule has 0 aliphatic heterocycles. The molecule has 0 spiro atoms. The van der Waals surface area contributed by atoms with Gasteiger partial charge in [0.2, 0.25) is 0 Å². The minimum Gasteiger partial charge on any atom is -0.484 e. The summed E-state index contributed by atoms with van der Waals surface area (Å²) in [6.07, 6.45) is 1.49. The molecule has 0 aliphatic carbocycles. The highest BCUT2D eigenvalue weighted by Crippen LogP contribution is 2.22. The van der Waals surface area contributed by atoms with Crippen LogP contribution in [-0.2, 0) is 4.79 Å². The van der Waals surface area contributed by atoms with Gasteiger partial charge in [-0.05, 0) is 77.4 Å². The maximum atomic E-state index is 12.6. The van der Waals surface area contributed by atoms with Crippen LogP contribution in [0.15, 0.2) is 90.0 Å². The van der Waals surface area contributed by atoms with E-state index in [2.05, 4.69) is 10.5 Å². The third-order valence-electron chi connectivity index (χ3n) is 5.00. The number of rotatable bonds is 7. The lowest BCUT2D eigenvalue weighted by atomic mass is 10.0. The second kappa shape index (κ2) is 10.6. The Balaban J connectivity index is 1.29. The molecule has 0 atom stereocenters. The van der Waals surface area contributed by atoms with E-state index >= 15 is 0 Å². The number of carbonyl (C=O) groups is 2. The Morgan fingerprint density at radius 1 is 0.941 bits per heavy atom. The molecule has 4 aromatic carbocycles. The van der Waals surface area contributed by atoms with Crippen LogP contribution >= 0.6 is 11.6 Å². The summed E-state index contributed by atoms with van der Waals surface area (Å²) in [5.41, 5.74) is 4.50. The number of fused-ring (bicyclic) bond motifs is 1. The summed E-state index contributed by atoms with van der Waals surface area (Å²) in [4.78, 5) is 24.6. The smallest absolute Gasteiger partial charge is 0.344 e. The van der Waals surface area contributed by atoms with Gasteiger partial charge in [-0.15, -0.1) is 0 Å². The van der Waals surface area contributed by atoms with Gasteiger partial charge in [-0.2, -0.15) is 5.10 Å². The molecule has 4 aromatic rings. The van der Waals surface area contributed by atoms with E-state index < -0.39 is 11.9 Å². The number of esters is 1. The second-order valence-electron chi connectivity index (χ2n) is 7.48. The van der Waals surface area contributed by atoms with Gasteiger partial charge in [0.05, 0.1) is 11.8 Å². The van der Waals surface area contributed by atoms with Crippen molar-refractivity contribution in [2.45, 2.75) is 6.92 Å². The third kappa shape index (κ3) is 5.79. The van der Waals surface area contributed by atoms with Crippen LogP contribution in [-0.4, -0.2) is 24.7 Å². The number of halogens is 1. The first-order valence-electron chi connectivity index (χ1n) is 10.5. The summed E-state index contributed by atoms with van der Waals surface area (Å²) in [6, 6.07) is 25.1. The van der Waals surface area contributed by atoms with Crippen molar-refractivity contribution in [3.63, 3.8) is 0 Å². The number of hydrogen-bond donors (Lipinski definition) is 1. The molecule has 0 fully saturated rings. The van der Waals surface area contributed by atoms with Gasteiger partial charge in [0.15, 0.2) is 6.61 Å². The van der Waals surface area contributed by atoms with E-state index in [4.69, 9.17) is 21.1 Å². The number of carbonyl (C=O) groups excluding carboxylic acids is 2. The number of hydrazone groups is 1. The Labute approximate surface area is 201 Å². The van der Waals surface area contributed by atoms with Crippen LogP contribution in [0.5, 0.6) is 11.5 Å². The monoisotopic (exact) mass is 472 g/mol. The molecule has 4 rings (SSSR count). The number of nitrogens with one attached hydrogen (secondary N) is 1. The Hall–Kier alpha value is -4.16. The normalized spacial score (nSPS) is 10.9. The fourth-order valence-corrected chi connectivity index (χ4v) is 3.37. The quantitative estimate of drug-likeness (QED) is 0.165. The summed E-state index contributed by atoms with van der Waals surface area (Å²) in [7, 11) is 0. The molecule has 0 radical (unpaired) electrons. The fourth-order valence-electron chi connectivity index (χ4n) is 3.25. The largest absolute Gasteiger partial charge is 0.484 e. The topological polar surface area (TPSA) is 77.0 Å². The number of aryl methyl sites for hydroxylation is 1. The van der Waals surface area contributed by atoms with Gasteiger partial charge in [-0.3, -0.25) is 4.79 Å². The zero-order valence-electron chi connectivity index (χ0n) is 18.3. The van der Waals surface area contributed by atoms with Gasteiger partial charge in [0.1, 0.15) is 11.5 Å². The zero-order valence-corrected chi connectivity index (χ0v) is 19.1. The first kappa shape index (κ1) is 23.0. The molecule has 0 aromatic heterocycles. The number of hydrogen-bond acceptors (Lipinski definition) is 5. The van der Waals surface area contributed by atoms with Crippen molar-refractivity contribution in [3.05, 3.63) is 107 Å². The van der Waals surface area contributed by atoms with Crippen molar-refractivity contribution in [1.29, 1.82) is 0 Å². The molecule has 0 saturated heterocycles. The fraction of sp³-hybridized carbons (Fsp3) is 0.0741. The van der Waals surface area contributed by atoms with E-state index in [1.807, 2.05) is 43.3 Å². The van der Waals surface area contributed by atoms with Crippen LogP contribution in [0.4, 0.5) is 0 Å². The summed E-state index contributed by atoms with van der Waals surface area (Å²) in [5.74, 6) is 0.131. The van der Waals surface area contributed by atoms with E-state index in [1.165, 1.54) is 6.21 Å². The van der Waals surface area contributed by atoms with Gasteiger partial charge >= 0.3 is 5.97 Å². The maximum absolute atomic E-state index is 12.6. The van der Waals surface area contributed by atoms with Crippen LogP contribution in [0.1, 0.15) is 21.5 Å². The summed E-state index contributed by atoms with van der Waals surface area (Å²) in [5, 5.41) is 6.37. The molecule has 0 aliphatic rings. The minimum absolute atomic E-state index is 0.179. The van der Waals surface area contributed by atoms with E-state index in [9.17, 15) is 9.59 Å². The van der Waals surface area contributed by atoms with Gasteiger partial charge in [0.25, 0.3) is 5.91 Å². The molecule has 0 unspecified atom stereocenters. The molecular weight excluding hydrogens is 452 g/mol. The predicted molar refractivity (Wildman–Crippen MR) is 133 cm³/mol. The summed E-state index contributed by atoms with van der Waals surface area (Å²) >= 11 is 5.98. The highest BCUT2D eigenvalue weighted by Gasteiger charge is 2.12. The van der Waals surface area contributed by atoms with Gasteiger partial charge in [-0.1, -0.05) is 48.0 Å². The lowest BCUT2D eigenvalue weighted by molar-refractivity contribution is -0.123. The highest BCUT2D eigenvalue weighted by atomic mass is 35.5. The standard InChI is InChI=1S/C27H21ClN2O4/c1-18-15-22(13-14-25(18)28)33-17-26(31)30-29-16-19-9-11-21(12-10-19)34-27(32)24-8-4-6-20-5-2-3-7-23(20)24/h2-16H,17H2,1H3,(H,30,31)/b29-16+. The minimum atomic E-state index is -0.429. The maximum Gasteiger partial charge on any atom is 0.344 e. The van der Waals surface area contributed by atoms with E-state index in [0.29, 0.717) is 22.1 Å². The molecular formula is C27H21ClN2O4. The third-order valence-corrected chi connectivity index (χ3v) is 5.43. The summed E-state index contributed by atoms with van der Waals surface area (Å²) in [6.45, 7) is 1.68. The van der Waals surface area contributed by atoms with E-state index in [-0.39, 0.29) is 6.61 Å². The van der Waals surface area contributed by atoms with E-state index in [0.717, 1.165) is 21.9 Å². The van der Waals surface area contributed by atoms with Crippen LogP contribution in [0, 0.1) is 6.92 Å². The first-order valence-corrected chi connectivity index (χ1v) is 10.9. The SMILES string of the molecule is Cc1cc(OCC(=O)N/N=C/c2ccc(OC(=O)c3cccc4ccccc34)cc2)ccc1Cl. The Bertz CT molecular complexity index is 1360. The van der Waals surface area contributed by atoms with Gasteiger partial charge in [-0.25, -0.2) is 10.2 Å². The molecule has 34 heavy (non-hydrogen) atoms. The van der Waals surface area contributed by atoms with Gasteiger partial charge < -0.3 is 9.47 Å². The molecule has 0 bridgehead atoms. The number of benzene rings is 4. The van der Waals surface area contributed by atoms with Crippen molar-refractivity contribution in [2.75, 3.05) is 6.61 Å². The predicted octanol–water partition coefficient (Wildman–Crippen LogP) is 5.55.